The van der Waals surface area contributed by atoms with Crippen LogP contribution in [-0.2, 0) is 5.41 Å². The molecule has 0 amide bonds. The minimum Gasteiger partial charge on any atom is -0.309 e. The highest BCUT2D eigenvalue weighted by molar-refractivity contribution is 6.25. The van der Waals surface area contributed by atoms with E-state index >= 15 is 0 Å². The smallest absolute Gasteiger partial charge is 0.0991 e. The number of hydrogen-bond donors (Lipinski definition) is 0. The topological polar surface area (TPSA) is 28.7 Å². The molecule has 9 rings (SSSR count). The lowest BCUT2D eigenvalue weighted by atomic mass is 9.82. The Balaban J connectivity index is 1.38. The first-order valence-electron chi connectivity index (χ1n) is 14.5. The van der Waals surface area contributed by atoms with Crippen molar-refractivity contribution in [1.29, 1.82) is 5.26 Å². The summed E-state index contributed by atoms with van der Waals surface area (Å²) >= 11 is 0. The Morgan fingerprint density at radius 1 is 0.500 bits per heavy atom. The average Bonchev–Trinajstić information content (AvgIpc) is 3.48. The monoisotopic (exact) mass is 534 g/mol. The molecule has 0 radical (unpaired) electrons. The van der Waals surface area contributed by atoms with Crippen molar-refractivity contribution in [3.63, 3.8) is 0 Å². The standard InChI is InChI=1S/C40H26N2/c1-40(2)36-19-24(23-41)15-17-31(36)34-21-35-32-13-7-8-14-38(32)42(39(35)22-37(34)40)25-16-18-30-28-11-4-3-9-26(28)27-10-5-6-12-29(27)33(30)20-25/h3-22H,1-2H3. The van der Waals surface area contributed by atoms with Crippen molar-refractivity contribution < 1.29 is 0 Å². The molecule has 0 N–H and O–H groups in total. The Morgan fingerprint density at radius 2 is 1.10 bits per heavy atom. The summed E-state index contributed by atoms with van der Waals surface area (Å²) in [5.41, 5.74) is 9.12. The molecular weight excluding hydrogens is 508 g/mol. The van der Waals surface area contributed by atoms with Gasteiger partial charge >= 0.3 is 0 Å². The van der Waals surface area contributed by atoms with Crippen molar-refractivity contribution in [2.75, 3.05) is 0 Å². The van der Waals surface area contributed by atoms with E-state index in [0.29, 0.717) is 5.56 Å². The fourth-order valence-electron chi connectivity index (χ4n) is 7.58. The molecular formula is C40H26N2. The van der Waals surface area contributed by atoms with Crippen LogP contribution in [0.4, 0.5) is 0 Å². The third-order valence-electron chi connectivity index (χ3n) is 9.58. The van der Waals surface area contributed by atoms with Crippen molar-refractivity contribution >= 4 is 54.1 Å². The molecule has 0 fully saturated rings. The molecule has 0 spiro atoms. The van der Waals surface area contributed by atoms with Crippen LogP contribution < -0.4 is 0 Å². The number of rotatable bonds is 1. The lowest BCUT2D eigenvalue weighted by Crippen LogP contribution is -2.15. The molecule has 7 aromatic carbocycles. The second kappa shape index (κ2) is 8.09. The van der Waals surface area contributed by atoms with Crippen molar-refractivity contribution in [3.05, 3.63) is 138 Å². The Kier molecular flexibility index (Phi) is 4.49. The molecule has 1 heterocycles. The van der Waals surface area contributed by atoms with E-state index in [1.807, 2.05) is 6.07 Å². The zero-order chi connectivity index (χ0) is 28.2. The summed E-state index contributed by atoms with van der Waals surface area (Å²) in [5.74, 6) is 0. The molecule has 196 valence electrons. The van der Waals surface area contributed by atoms with Crippen molar-refractivity contribution in [3.8, 4) is 22.9 Å². The maximum atomic E-state index is 9.60. The van der Waals surface area contributed by atoms with Gasteiger partial charge in [0.2, 0.25) is 0 Å². The van der Waals surface area contributed by atoms with Gasteiger partial charge in [-0.25, -0.2) is 0 Å². The molecule has 0 aliphatic heterocycles. The minimum absolute atomic E-state index is 0.203. The first kappa shape index (κ1) is 23.3. The van der Waals surface area contributed by atoms with Crippen LogP contribution >= 0.6 is 0 Å². The zero-order valence-corrected chi connectivity index (χ0v) is 23.4. The van der Waals surface area contributed by atoms with Gasteiger partial charge in [0.05, 0.1) is 22.7 Å². The zero-order valence-electron chi connectivity index (χ0n) is 23.4. The van der Waals surface area contributed by atoms with Crippen molar-refractivity contribution in [2.24, 2.45) is 0 Å². The fourth-order valence-corrected chi connectivity index (χ4v) is 7.58. The van der Waals surface area contributed by atoms with Crippen LogP contribution in [0.15, 0.2) is 121 Å². The summed E-state index contributed by atoms with van der Waals surface area (Å²) < 4.78 is 2.44. The van der Waals surface area contributed by atoms with Crippen molar-refractivity contribution in [2.45, 2.75) is 19.3 Å². The third-order valence-corrected chi connectivity index (χ3v) is 9.58. The lowest BCUT2D eigenvalue weighted by molar-refractivity contribution is 0.660. The lowest BCUT2D eigenvalue weighted by Gasteiger charge is -2.22. The van der Waals surface area contributed by atoms with Crippen molar-refractivity contribution in [1.82, 2.24) is 4.57 Å². The maximum absolute atomic E-state index is 9.60. The van der Waals surface area contributed by atoms with Gasteiger partial charge in [-0.05, 0) is 97.0 Å². The first-order valence-corrected chi connectivity index (χ1v) is 14.5. The summed E-state index contributed by atoms with van der Waals surface area (Å²) in [4.78, 5) is 0. The van der Waals surface area contributed by atoms with E-state index in [-0.39, 0.29) is 5.41 Å². The van der Waals surface area contributed by atoms with Crippen LogP contribution in [0.5, 0.6) is 0 Å². The van der Waals surface area contributed by atoms with Crippen LogP contribution in [-0.4, -0.2) is 4.57 Å². The van der Waals surface area contributed by atoms with Crippen LogP contribution in [0.25, 0.3) is 70.9 Å². The van der Waals surface area contributed by atoms with E-state index in [1.54, 1.807) is 0 Å². The molecule has 42 heavy (non-hydrogen) atoms. The minimum atomic E-state index is -0.203. The largest absolute Gasteiger partial charge is 0.309 e. The Labute approximate surface area is 243 Å². The molecule has 0 saturated carbocycles. The van der Waals surface area contributed by atoms with E-state index in [1.165, 1.54) is 76.4 Å². The molecule has 8 aromatic rings. The highest BCUT2D eigenvalue weighted by atomic mass is 15.0. The van der Waals surface area contributed by atoms with Gasteiger partial charge in [0.15, 0.2) is 0 Å². The van der Waals surface area contributed by atoms with Crippen LogP contribution in [0, 0.1) is 11.3 Å². The van der Waals surface area contributed by atoms with Crippen LogP contribution in [0.2, 0.25) is 0 Å². The molecule has 2 heteroatoms. The number of hydrogen-bond acceptors (Lipinski definition) is 1. The predicted molar refractivity (Wildman–Crippen MR) is 176 cm³/mol. The third kappa shape index (κ3) is 2.93. The summed E-state index contributed by atoms with van der Waals surface area (Å²) in [6.45, 7) is 4.57. The number of benzene rings is 7. The van der Waals surface area contributed by atoms with Gasteiger partial charge in [-0.3, -0.25) is 0 Å². The molecule has 0 saturated heterocycles. The maximum Gasteiger partial charge on any atom is 0.0991 e. The second-order valence-electron chi connectivity index (χ2n) is 12.1. The van der Waals surface area contributed by atoms with E-state index in [4.69, 9.17) is 0 Å². The number of nitriles is 1. The number of nitrogens with zero attached hydrogens (tertiary/aromatic N) is 2. The molecule has 0 unspecified atom stereocenters. The number of para-hydroxylation sites is 1. The predicted octanol–water partition coefficient (Wildman–Crippen LogP) is 10.4. The SMILES string of the molecule is CC1(C)c2cc(C#N)ccc2-c2cc3c4ccccc4n(-c4ccc5c6ccccc6c6ccccc6c5c4)c3cc21. The Hall–Kier alpha value is -5.39. The fraction of sp³-hybridized carbons (Fsp3) is 0.0750. The van der Waals surface area contributed by atoms with Gasteiger partial charge in [-0.2, -0.15) is 5.26 Å². The summed E-state index contributed by atoms with van der Waals surface area (Å²) in [5, 5.41) is 19.8. The molecule has 0 bridgehead atoms. The van der Waals surface area contributed by atoms with Gasteiger partial charge in [0, 0.05) is 21.9 Å². The first-order chi connectivity index (χ1) is 20.5. The molecule has 1 aliphatic carbocycles. The van der Waals surface area contributed by atoms with Gasteiger partial charge in [0.25, 0.3) is 0 Å². The Bertz CT molecular complexity index is 2470. The normalized spacial score (nSPS) is 13.6. The van der Waals surface area contributed by atoms with E-state index in [9.17, 15) is 5.26 Å². The molecule has 1 aliphatic rings. The van der Waals surface area contributed by atoms with E-state index in [2.05, 4.69) is 140 Å². The average molecular weight is 535 g/mol. The number of fused-ring (bicyclic) bond motifs is 12. The molecule has 1 aromatic heterocycles. The molecule has 2 nitrogen and oxygen atoms in total. The quantitative estimate of drug-likeness (QED) is 0.193. The highest BCUT2D eigenvalue weighted by Gasteiger charge is 2.36. The van der Waals surface area contributed by atoms with Gasteiger partial charge < -0.3 is 4.57 Å². The summed E-state index contributed by atoms with van der Waals surface area (Å²) in [7, 11) is 0. The van der Waals surface area contributed by atoms with Gasteiger partial charge in [-0.15, -0.1) is 0 Å². The van der Waals surface area contributed by atoms with E-state index < -0.39 is 0 Å². The molecule has 0 atom stereocenters. The van der Waals surface area contributed by atoms with Crippen LogP contribution in [0.1, 0.15) is 30.5 Å². The van der Waals surface area contributed by atoms with Gasteiger partial charge in [0.1, 0.15) is 0 Å². The van der Waals surface area contributed by atoms with Gasteiger partial charge in [-0.1, -0.05) is 92.7 Å². The second-order valence-corrected chi connectivity index (χ2v) is 12.1. The highest BCUT2D eigenvalue weighted by Crippen LogP contribution is 2.51. The number of aromatic nitrogens is 1. The Morgan fingerprint density at radius 3 is 1.79 bits per heavy atom. The van der Waals surface area contributed by atoms with Crippen LogP contribution in [0.3, 0.4) is 0 Å². The summed E-state index contributed by atoms with van der Waals surface area (Å²) in [6.07, 6.45) is 0. The summed E-state index contributed by atoms with van der Waals surface area (Å²) in [6, 6.07) is 46.5. The van der Waals surface area contributed by atoms with E-state index in [0.717, 1.165) is 5.69 Å².